The number of rotatable bonds is 8. The second-order valence-electron chi connectivity index (χ2n) is 6.02. The third-order valence-corrected chi connectivity index (χ3v) is 6.30. The highest BCUT2D eigenvalue weighted by Crippen LogP contribution is 2.24. The molecule has 0 amide bonds. The van der Waals surface area contributed by atoms with Crippen molar-refractivity contribution in [2.24, 2.45) is 0 Å². The van der Waals surface area contributed by atoms with Crippen LogP contribution in [-0.2, 0) is 9.84 Å². The van der Waals surface area contributed by atoms with Crippen molar-refractivity contribution in [3.8, 4) is 0 Å². The van der Waals surface area contributed by atoms with Gasteiger partial charge in [0.15, 0.2) is 9.84 Å². The van der Waals surface area contributed by atoms with E-state index in [1.165, 1.54) is 5.56 Å². The van der Waals surface area contributed by atoms with E-state index >= 15 is 0 Å². The average Bonchev–Trinajstić information content (AvgIpc) is 2.38. The Balaban J connectivity index is 2.83. The van der Waals surface area contributed by atoms with Crippen LogP contribution in [0.4, 0.5) is 0 Å². The Labute approximate surface area is 137 Å². The van der Waals surface area contributed by atoms with Gasteiger partial charge in [-0.15, -0.1) is 0 Å². The maximum Gasteiger partial charge on any atom is 0.152 e. The summed E-state index contributed by atoms with van der Waals surface area (Å²) >= 11 is 3.49. The van der Waals surface area contributed by atoms with Gasteiger partial charge in [-0.3, -0.25) is 0 Å². The van der Waals surface area contributed by atoms with Gasteiger partial charge in [-0.25, -0.2) is 8.42 Å². The van der Waals surface area contributed by atoms with Crippen molar-refractivity contribution in [2.45, 2.75) is 51.3 Å². The monoisotopic (exact) mass is 375 g/mol. The van der Waals surface area contributed by atoms with Crippen LogP contribution < -0.4 is 5.32 Å². The predicted octanol–water partition coefficient (Wildman–Crippen LogP) is 3.74. The fraction of sp³-hybridized carbons (Fsp3) is 0.625. The van der Waals surface area contributed by atoms with Crippen LogP contribution in [0, 0.1) is 0 Å². The Hall–Kier alpha value is -0.390. The number of nitrogens with one attached hydrogen (secondary N) is 1. The largest absolute Gasteiger partial charge is 0.314 e. The molecule has 1 aromatic rings. The molecule has 0 aliphatic heterocycles. The van der Waals surface area contributed by atoms with Crippen molar-refractivity contribution in [1.29, 1.82) is 0 Å². The van der Waals surface area contributed by atoms with Gasteiger partial charge < -0.3 is 5.32 Å². The summed E-state index contributed by atoms with van der Waals surface area (Å²) in [4.78, 5) is 0. The van der Waals surface area contributed by atoms with E-state index < -0.39 is 9.84 Å². The van der Waals surface area contributed by atoms with E-state index in [4.69, 9.17) is 0 Å². The van der Waals surface area contributed by atoms with E-state index in [0.29, 0.717) is 12.5 Å². The van der Waals surface area contributed by atoms with Crippen molar-refractivity contribution in [2.75, 3.05) is 12.3 Å². The van der Waals surface area contributed by atoms with Crippen LogP contribution >= 0.6 is 15.9 Å². The van der Waals surface area contributed by atoms with Gasteiger partial charge in [0.25, 0.3) is 0 Å². The maximum absolute atomic E-state index is 12.0. The molecule has 0 aliphatic carbocycles. The van der Waals surface area contributed by atoms with Crippen LogP contribution in [0.15, 0.2) is 28.7 Å². The normalized spacial score (nSPS) is 13.9. The van der Waals surface area contributed by atoms with Gasteiger partial charge >= 0.3 is 0 Å². The molecular formula is C16H26BrNO2S. The molecule has 0 saturated carbocycles. The molecule has 120 valence electrons. The Morgan fingerprint density at radius 2 is 1.86 bits per heavy atom. The van der Waals surface area contributed by atoms with E-state index in [1.54, 1.807) is 13.8 Å². The van der Waals surface area contributed by atoms with Crippen LogP contribution in [0.3, 0.4) is 0 Å². The molecule has 0 saturated heterocycles. The molecule has 0 aliphatic rings. The summed E-state index contributed by atoms with van der Waals surface area (Å²) in [5.41, 5.74) is 1.18. The van der Waals surface area contributed by atoms with Gasteiger partial charge in [-0.05, 0) is 43.9 Å². The lowest BCUT2D eigenvalue weighted by Gasteiger charge is -2.20. The van der Waals surface area contributed by atoms with Gasteiger partial charge in [0, 0.05) is 17.1 Å². The highest BCUT2D eigenvalue weighted by molar-refractivity contribution is 9.10. The van der Waals surface area contributed by atoms with E-state index in [-0.39, 0.29) is 16.9 Å². The molecule has 3 nitrogen and oxygen atoms in total. The topological polar surface area (TPSA) is 46.2 Å². The number of hydrogen-bond acceptors (Lipinski definition) is 3. The molecule has 0 heterocycles. The predicted molar refractivity (Wildman–Crippen MR) is 93.6 cm³/mol. The number of hydrogen-bond donors (Lipinski definition) is 1. The zero-order valence-corrected chi connectivity index (χ0v) is 15.7. The summed E-state index contributed by atoms with van der Waals surface area (Å²) in [5.74, 6) is 0.445. The average molecular weight is 376 g/mol. The van der Waals surface area contributed by atoms with Crippen molar-refractivity contribution in [1.82, 2.24) is 5.32 Å². The van der Waals surface area contributed by atoms with Gasteiger partial charge in [0.2, 0.25) is 0 Å². The molecule has 5 heteroatoms. The Bertz CT molecular complexity index is 541. The molecule has 0 radical (unpaired) electrons. The van der Waals surface area contributed by atoms with Crippen molar-refractivity contribution < 1.29 is 8.42 Å². The van der Waals surface area contributed by atoms with Crippen LogP contribution in [-0.4, -0.2) is 32.0 Å². The standard InChI is InChI=1S/C16H26BrNO2S/c1-12(2)18-11-15(8-9-21(19,20)13(3)4)14-6-5-7-16(17)10-14/h5-7,10,12-13,15,18H,8-9,11H2,1-4H3. The molecule has 0 spiro atoms. The van der Waals surface area contributed by atoms with Crippen LogP contribution in [0.1, 0.15) is 45.6 Å². The lowest BCUT2D eigenvalue weighted by atomic mass is 9.96. The minimum absolute atomic E-state index is 0.207. The first-order valence-electron chi connectivity index (χ1n) is 7.42. The summed E-state index contributed by atoms with van der Waals surface area (Å²) in [6.45, 7) is 8.49. The summed E-state index contributed by atoms with van der Waals surface area (Å²) in [7, 11) is -2.99. The zero-order chi connectivity index (χ0) is 16.0. The smallest absolute Gasteiger partial charge is 0.152 e. The first-order valence-corrected chi connectivity index (χ1v) is 9.93. The Morgan fingerprint density at radius 3 is 2.38 bits per heavy atom. The fourth-order valence-electron chi connectivity index (χ4n) is 2.07. The lowest BCUT2D eigenvalue weighted by Crippen LogP contribution is -2.29. The molecule has 1 unspecified atom stereocenters. The van der Waals surface area contributed by atoms with E-state index in [2.05, 4.69) is 47.2 Å². The van der Waals surface area contributed by atoms with Crippen LogP contribution in [0.5, 0.6) is 0 Å². The van der Waals surface area contributed by atoms with Crippen LogP contribution in [0.2, 0.25) is 0 Å². The van der Waals surface area contributed by atoms with Gasteiger partial charge in [-0.1, -0.05) is 41.9 Å². The third-order valence-electron chi connectivity index (χ3n) is 3.56. The summed E-state index contributed by atoms with van der Waals surface area (Å²) in [5, 5.41) is 3.11. The van der Waals surface area contributed by atoms with Crippen LogP contribution in [0.25, 0.3) is 0 Å². The fourth-order valence-corrected chi connectivity index (χ4v) is 3.57. The second kappa shape index (κ2) is 8.30. The molecule has 1 atom stereocenters. The highest BCUT2D eigenvalue weighted by atomic mass is 79.9. The maximum atomic E-state index is 12.0. The van der Waals surface area contributed by atoms with Crippen molar-refractivity contribution in [3.63, 3.8) is 0 Å². The minimum Gasteiger partial charge on any atom is -0.314 e. The molecule has 1 aromatic carbocycles. The van der Waals surface area contributed by atoms with E-state index in [9.17, 15) is 8.42 Å². The zero-order valence-electron chi connectivity index (χ0n) is 13.3. The Kier molecular flexibility index (Phi) is 7.37. The first-order chi connectivity index (χ1) is 9.72. The summed E-state index contributed by atoms with van der Waals surface area (Å²) in [6, 6.07) is 8.52. The van der Waals surface area contributed by atoms with Crippen molar-refractivity contribution >= 4 is 25.8 Å². The molecule has 0 aromatic heterocycles. The van der Waals surface area contributed by atoms with Gasteiger partial charge in [0.05, 0.1) is 11.0 Å². The molecule has 21 heavy (non-hydrogen) atoms. The van der Waals surface area contributed by atoms with Gasteiger partial charge in [0.1, 0.15) is 0 Å². The minimum atomic E-state index is -2.99. The third kappa shape index (κ3) is 6.49. The Morgan fingerprint density at radius 1 is 1.19 bits per heavy atom. The quantitative estimate of drug-likeness (QED) is 0.752. The second-order valence-corrected chi connectivity index (χ2v) is 9.61. The van der Waals surface area contributed by atoms with E-state index in [0.717, 1.165) is 11.0 Å². The van der Waals surface area contributed by atoms with Gasteiger partial charge in [-0.2, -0.15) is 0 Å². The molecule has 0 bridgehead atoms. The lowest BCUT2D eigenvalue weighted by molar-refractivity contribution is 0.516. The highest BCUT2D eigenvalue weighted by Gasteiger charge is 2.20. The molecule has 0 fully saturated rings. The summed E-state index contributed by atoms with van der Waals surface area (Å²) < 4.78 is 25.1. The first kappa shape index (κ1) is 18.7. The molecular weight excluding hydrogens is 350 g/mol. The molecule has 1 N–H and O–H groups in total. The van der Waals surface area contributed by atoms with E-state index in [1.807, 2.05) is 12.1 Å². The SMILES string of the molecule is CC(C)NCC(CCS(=O)(=O)C(C)C)c1cccc(Br)c1. The molecule has 1 rings (SSSR count). The number of sulfone groups is 1. The van der Waals surface area contributed by atoms with Crippen molar-refractivity contribution in [3.05, 3.63) is 34.3 Å². The number of halogens is 1. The summed E-state index contributed by atoms with van der Waals surface area (Å²) in [6.07, 6.45) is 0.649. The number of benzene rings is 1.